The van der Waals surface area contributed by atoms with Gasteiger partial charge in [0.1, 0.15) is 11.6 Å². The van der Waals surface area contributed by atoms with E-state index in [0.29, 0.717) is 23.3 Å². The Hall–Kier alpha value is -2.81. The molecule has 0 saturated heterocycles. The molecule has 6 nitrogen and oxygen atoms in total. The summed E-state index contributed by atoms with van der Waals surface area (Å²) in [5, 5.41) is 15.6. The maximum absolute atomic E-state index is 12.6. The topological polar surface area (TPSA) is 91.2 Å². The summed E-state index contributed by atoms with van der Waals surface area (Å²) in [6.07, 6.45) is 9.55. The number of ether oxygens (including phenoxy) is 1. The molecule has 4 aliphatic carbocycles. The van der Waals surface area contributed by atoms with E-state index in [-0.39, 0.29) is 11.6 Å². The lowest BCUT2D eigenvalue weighted by Gasteiger charge is -2.59. The maximum Gasteiger partial charge on any atom is 0.338 e. The Morgan fingerprint density at radius 2 is 1.74 bits per heavy atom. The average Bonchev–Trinajstić information content (AvgIpc) is 2.73. The second-order valence-electron chi connectivity index (χ2n) is 9.59. The number of benzene rings is 1. The molecule has 1 unspecified atom stereocenters. The van der Waals surface area contributed by atoms with Gasteiger partial charge in [-0.15, -0.1) is 0 Å². The van der Waals surface area contributed by atoms with Crippen molar-refractivity contribution in [3.05, 3.63) is 41.6 Å². The molecule has 4 aliphatic rings. The molecule has 0 heterocycles. The Bertz CT molecular complexity index is 878. The summed E-state index contributed by atoms with van der Waals surface area (Å²) in [6, 6.07) is 8.69. The Balaban J connectivity index is 1.37. The van der Waals surface area contributed by atoms with E-state index in [1.54, 1.807) is 37.4 Å². The number of nitrogens with zero attached hydrogens (tertiary/aromatic N) is 1. The summed E-state index contributed by atoms with van der Waals surface area (Å²) in [7, 11) is 0. The lowest BCUT2D eigenvalue weighted by atomic mass is 9.48. The molecule has 4 fully saturated rings. The van der Waals surface area contributed by atoms with Gasteiger partial charge in [-0.05, 0) is 99.8 Å². The van der Waals surface area contributed by atoms with E-state index in [1.165, 1.54) is 38.5 Å². The summed E-state index contributed by atoms with van der Waals surface area (Å²) in [4.78, 5) is 24.3. The molecular formula is C25H31N3O3. The quantitative estimate of drug-likeness (QED) is 0.387. The SMILES string of the molecule is CCOC(=O)c1ccc(NC(=O)/C(C#N)=C\NC(C)C23CC4CC(CC(C4)C2)C3)cc1. The zero-order valence-electron chi connectivity index (χ0n) is 18.3. The van der Waals surface area contributed by atoms with Crippen LogP contribution >= 0.6 is 0 Å². The van der Waals surface area contributed by atoms with E-state index in [4.69, 9.17) is 4.74 Å². The monoisotopic (exact) mass is 421 g/mol. The molecule has 4 saturated carbocycles. The Morgan fingerprint density at radius 3 is 2.26 bits per heavy atom. The minimum atomic E-state index is -0.461. The Morgan fingerprint density at radius 1 is 1.16 bits per heavy atom. The van der Waals surface area contributed by atoms with Crippen molar-refractivity contribution < 1.29 is 14.3 Å². The highest BCUT2D eigenvalue weighted by atomic mass is 16.5. The highest BCUT2D eigenvalue weighted by Gasteiger charge is 2.53. The van der Waals surface area contributed by atoms with Crippen molar-refractivity contribution in [3.63, 3.8) is 0 Å². The first kappa shape index (κ1) is 21.4. The van der Waals surface area contributed by atoms with Crippen LogP contribution in [0.1, 0.15) is 62.7 Å². The van der Waals surface area contributed by atoms with Crippen LogP contribution in [-0.2, 0) is 9.53 Å². The number of rotatable bonds is 7. The van der Waals surface area contributed by atoms with Crippen LogP contribution in [-0.4, -0.2) is 24.5 Å². The first-order valence-corrected chi connectivity index (χ1v) is 11.4. The standard InChI is InChI=1S/C25H31N3O3/c1-3-31-24(30)20-4-6-22(7-5-20)28-23(29)21(14-26)15-27-16(2)25-11-17-8-18(12-25)10-19(9-17)13-25/h4-7,15-19,27H,3,8-13H2,1-2H3,(H,28,29)/b21-15-. The van der Waals surface area contributed by atoms with Crippen molar-refractivity contribution in [1.82, 2.24) is 5.32 Å². The third-order valence-electron chi connectivity index (χ3n) is 7.50. The van der Waals surface area contributed by atoms with Gasteiger partial charge in [-0.1, -0.05) is 0 Å². The molecule has 31 heavy (non-hydrogen) atoms. The predicted octanol–water partition coefficient (Wildman–Crippen LogP) is 4.40. The van der Waals surface area contributed by atoms with Gasteiger partial charge in [-0.3, -0.25) is 4.79 Å². The molecule has 2 N–H and O–H groups in total. The zero-order chi connectivity index (χ0) is 22.0. The summed E-state index contributed by atoms with van der Waals surface area (Å²) < 4.78 is 4.96. The van der Waals surface area contributed by atoms with Gasteiger partial charge in [0.05, 0.1) is 12.2 Å². The van der Waals surface area contributed by atoms with Crippen LogP contribution in [0.3, 0.4) is 0 Å². The fourth-order valence-corrected chi connectivity index (χ4v) is 6.34. The third-order valence-corrected chi connectivity index (χ3v) is 7.50. The van der Waals surface area contributed by atoms with Crippen LogP contribution < -0.4 is 10.6 Å². The van der Waals surface area contributed by atoms with Crippen LogP contribution in [0.2, 0.25) is 0 Å². The van der Waals surface area contributed by atoms with Crippen LogP contribution in [0.5, 0.6) is 0 Å². The summed E-state index contributed by atoms with van der Waals surface area (Å²) in [5.74, 6) is 1.71. The summed E-state index contributed by atoms with van der Waals surface area (Å²) in [5.41, 5.74) is 1.28. The number of carbonyl (C=O) groups excluding carboxylic acids is 2. The molecular weight excluding hydrogens is 390 g/mol. The number of amides is 1. The molecule has 0 aliphatic heterocycles. The fraction of sp³-hybridized carbons (Fsp3) is 0.560. The van der Waals surface area contributed by atoms with Gasteiger partial charge in [0.15, 0.2) is 0 Å². The highest BCUT2D eigenvalue weighted by Crippen LogP contribution is 2.61. The van der Waals surface area contributed by atoms with Crippen molar-refractivity contribution in [3.8, 4) is 6.07 Å². The molecule has 0 spiro atoms. The number of hydrogen-bond donors (Lipinski definition) is 2. The van der Waals surface area contributed by atoms with Gasteiger partial charge in [0, 0.05) is 17.9 Å². The van der Waals surface area contributed by atoms with Crippen molar-refractivity contribution in [2.24, 2.45) is 23.2 Å². The van der Waals surface area contributed by atoms with Gasteiger partial charge in [-0.2, -0.15) is 5.26 Å². The molecule has 1 atom stereocenters. The van der Waals surface area contributed by atoms with E-state index in [1.807, 2.05) is 6.07 Å². The van der Waals surface area contributed by atoms with Crippen LogP contribution in [0.4, 0.5) is 5.69 Å². The van der Waals surface area contributed by atoms with E-state index in [9.17, 15) is 14.9 Å². The smallest absolute Gasteiger partial charge is 0.338 e. The van der Waals surface area contributed by atoms with Crippen LogP contribution in [0.25, 0.3) is 0 Å². The second-order valence-corrected chi connectivity index (χ2v) is 9.59. The minimum absolute atomic E-state index is 0.0473. The average molecular weight is 422 g/mol. The highest BCUT2D eigenvalue weighted by molar-refractivity contribution is 6.06. The van der Waals surface area contributed by atoms with Crippen molar-refractivity contribution >= 4 is 17.6 Å². The number of nitrogens with one attached hydrogen (secondary N) is 2. The summed E-state index contributed by atoms with van der Waals surface area (Å²) in [6.45, 7) is 4.26. The molecule has 5 rings (SSSR count). The van der Waals surface area contributed by atoms with E-state index >= 15 is 0 Å². The minimum Gasteiger partial charge on any atom is -0.462 e. The number of esters is 1. The number of carbonyl (C=O) groups is 2. The van der Waals surface area contributed by atoms with Crippen molar-refractivity contribution in [2.45, 2.75) is 58.4 Å². The molecule has 1 aromatic rings. The van der Waals surface area contributed by atoms with Crippen LogP contribution in [0.15, 0.2) is 36.0 Å². The number of anilines is 1. The lowest BCUT2D eigenvalue weighted by Crippen LogP contribution is -2.54. The predicted molar refractivity (Wildman–Crippen MR) is 118 cm³/mol. The first-order valence-electron chi connectivity index (χ1n) is 11.4. The van der Waals surface area contributed by atoms with Gasteiger partial charge >= 0.3 is 5.97 Å². The molecule has 6 heteroatoms. The van der Waals surface area contributed by atoms with Gasteiger partial charge in [0.2, 0.25) is 0 Å². The number of hydrogen-bond acceptors (Lipinski definition) is 5. The summed E-state index contributed by atoms with van der Waals surface area (Å²) >= 11 is 0. The van der Waals surface area contributed by atoms with E-state index in [0.717, 1.165) is 17.8 Å². The number of nitriles is 1. The van der Waals surface area contributed by atoms with Gasteiger partial charge in [-0.25, -0.2) is 4.79 Å². The normalized spacial score (nSPS) is 29.7. The molecule has 4 bridgehead atoms. The van der Waals surface area contributed by atoms with Crippen LogP contribution in [0, 0.1) is 34.5 Å². The van der Waals surface area contributed by atoms with E-state index in [2.05, 4.69) is 17.6 Å². The fourth-order valence-electron chi connectivity index (χ4n) is 6.34. The van der Waals surface area contributed by atoms with Gasteiger partial charge in [0.25, 0.3) is 5.91 Å². The Kier molecular flexibility index (Phi) is 6.04. The molecule has 1 aromatic carbocycles. The van der Waals surface area contributed by atoms with E-state index < -0.39 is 11.9 Å². The molecule has 0 aromatic heterocycles. The maximum atomic E-state index is 12.6. The third kappa shape index (κ3) is 4.46. The largest absolute Gasteiger partial charge is 0.462 e. The molecule has 1 amide bonds. The molecule has 0 radical (unpaired) electrons. The Labute approximate surface area is 184 Å². The molecule has 164 valence electrons. The zero-order valence-corrected chi connectivity index (χ0v) is 18.3. The first-order chi connectivity index (χ1) is 14.9. The van der Waals surface area contributed by atoms with Crippen molar-refractivity contribution in [1.29, 1.82) is 5.26 Å². The van der Waals surface area contributed by atoms with Gasteiger partial charge < -0.3 is 15.4 Å². The second kappa shape index (κ2) is 8.74. The lowest BCUT2D eigenvalue weighted by molar-refractivity contribution is -0.112. The van der Waals surface area contributed by atoms with Crippen molar-refractivity contribution in [2.75, 3.05) is 11.9 Å².